The van der Waals surface area contributed by atoms with Gasteiger partial charge < -0.3 is 15.3 Å². The summed E-state index contributed by atoms with van der Waals surface area (Å²) in [4.78, 5) is 2.37. The van der Waals surface area contributed by atoms with E-state index in [4.69, 9.17) is 0 Å². The number of hydrogen-bond acceptors (Lipinski definition) is 4. The molecule has 0 saturated carbocycles. The van der Waals surface area contributed by atoms with E-state index in [9.17, 15) is 5.11 Å². The van der Waals surface area contributed by atoms with Gasteiger partial charge in [0.2, 0.25) is 0 Å². The first kappa shape index (κ1) is 16.3. The summed E-state index contributed by atoms with van der Waals surface area (Å²) in [5.41, 5.74) is 2.45. The standard InChI is InChI=1S/C16H30N4O/c1-11-14(9-17-16(3,4)5)15(19(6)18-11)20-8-7-13(10-20)12(2)21/h12-13,17,21H,7-10H2,1-6H3. The van der Waals surface area contributed by atoms with Crippen molar-refractivity contribution < 1.29 is 5.11 Å². The molecule has 1 fully saturated rings. The van der Waals surface area contributed by atoms with Crippen molar-refractivity contribution in [3.8, 4) is 0 Å². The Morgan fingerprint density at radius 2 is 2.10 bits per heavy atom. The molecule has 1 aliphatic heterocycles. The summed E-state index contributed by atoms with van der Waals surface area (Å²) in [6.45, 7) is 13.2. The Balaban J connectivity index is 2.19. The Morgan fingerprint density at radius 3 is 2.62 bits per heavy atom. The minimum Gasteiger partial charge on any atom is -0.393 e. The highest BCUT2D eigenvalue weighted by atomic mass is 16.3. The van der Waals surface area contributed by atoms with Crippen LogP contribution in [-0.2, 0) is 13.6 Å². The van der Waals surface area contributed by atoms with Crippen LogP contribution in [0.4, 0.5) is 5.82 Å². The third-order valence-electron chi connectivity index (χ3n) is 4.32. The van der Waals surface area contributed by atoms with Gasteiger partial charge in [0.05, 0.1) is 11.8 Å². The molecule has 0 aliphatic carbocycles. The molecule has 0 aromatic carbocycles. The lowest BCUT2D eigenvalue weighted by Gasteiger charge is -2.24. The van der Waals surface area contributed by atoms with Gasteiger partial charge in [-0.1, -0.05) is 0 Å². The van der Waals surface area contributed by atoms with Crippen molar-refractivity contribution in [2.24, 2.45) is 13.0 Å². The largest absolute Gasteiger partial charge is 0.393 e. The molecule has 21 heavy (non-hydrogen) atoms. The molecule has 2 atom stereocenters. The number of aryl methyl sites for hydroxylation is 2. The molecule has 0 amide bonds. The molecule has 1 aliphatic rings. The Labute approximate surface area is 128 Å². The van der Waals surface area contributed by atoms with Crippen LogP contribution in [0.25, 0.3) is 0 Å². The van der Waals surface area contributed by atoms with Gasteiger partial charge in [-0.2, -0.15) is 5.10 Å². The van der Waals surface area contributed by atoms with Gasteiger partial charge in [0.15, 0.2) is 0 Å². The van der Waals surface area contributed by atoms with E-state index in [0.29, 0.717) is 5.92 Å². The summed E-state index contributed by atoms with van der Waals surface area (Å²) in [6.07, 6.45) is 0.814. The van der Waals surface area contributed by atoms with Crippen molar-refractivity contribution in [3.05, 3.63) is 11.3 Å². The second-order valence-corrected chi connectivity index (χ2v) is 7.35. The zero-order valence-corrected chi connectivity index (χ0v) is 14.3. The number of aromatic nitrogens is 2. The number of rotatable bonds is 4. The van der Waals surface area contributed by atoms with E-state index in [-0.39, 0.29) is 11.6 Å². The average molecular weight is 294 g/mol. The second-order valence-electron chi connectivity index (χ2n) is 7.35. The summed E-state index contributed by atoms with van der Waals surface area (Å²) in [7, 11) is 2.01. The predicted octanol–water partition coefficient (Wildman–Crippen LogP) is 1.82. The molecule has 0 radical (unpaired) electrons. The van der Waals surface area contributed by atoms with Gasteiger partial charge in [-0.25, -0.2) is 0 Å². The van der Waals surface area contributed by atoms with Crippen LogP contribution < -0.4 is 10.2 Å². The van der Waals surface area contributed by atoms with Gasteiger partial charge in [-0.05, 0) is 41.0 Å². The zero-order valence-electron chi connectivity index (χ0n) is 14.3. The molecular formula is C16H30N4O. The van der Waals surface area contributed by atoms with E-state index >= 15 is 0 Å². The lowest BCUT2D eigenvalue weighted by Crippen LogP contribution is -2.36. The van der Waals surface area contributed by atoms with Crippen molar-refractivity contribution in [2.45, 2.75) is 59.2 Å². The van der Waals surface area contributed by atoms with Crippen molar-refractivity contribution >= 4 is 5.82 Å². The SMILES string of the molecule is Cc1nn(C)c(N2CCC(C(C)O)C2)c1CNC(C)(C)C. The van der Waals surface area contributed by atoms with Crippen LogP contribution in [-0.4, -0.2) is 39.6 Å². The molecular weight excluding hydrogens is 264 g/mol. The van der Waals surface area contributed by atoms with Crippen LogP contribution in [0.5, 0.6) is 0 Å². The highest BCUT2D eigenvalue weighted by molar-refractivity contribution is 5.51. The van der Waals surface area contributed by atoms with Crippen molar-refractivity contribution in [3.63, 3.8) is 0 Å². The summed E-state index contributed by atoms with van der Waals surface area (Å²) in [5, 5.41) is 18.0. The summed E-state index contributed by atoms with van der Waals surface area (Å²) in [5.74, 6) is 1.57. The third-order valence-corrected chi connectivity index (χ3v) is 4.32. The number of aliphatic hydroxyl groups excluding tert-OH is 1. The summed E-state index contributed by atoms with van der Waals surface area (Å²) < 4.78 is 1.99. The molecule has 5 heteroatoms. The van der Waals surface area contributed by atoms with Crippen LogP contribution in [0.3, 0.4) is 0 Å². The Bertz CT molecular complexity index is 487. The van der Waals surface area contributed by atoms with Gasteiger partial charge >= 0.3 is 0 Å². The van der Waals surface area contributed by atoms with E-state index in [1.165, 1.54) is 11.4 Å². The molecule has 0 bridgehead atoms. The van der Waals surface area contributed by atoms with E-state index in [0.717, 1.165) is 31.7 Å². The fourth-order valence-corrected chi connectivity index (χ4v) is 3.02. The Kier molecular flexibility index (Phi) is 4.63. The quantitative estimate of drug-likeness (QED) is 0.889. The average Bonchev–Trinajstić information content (AvgIpc) is 2.90. The van der Waals surface area contributed by atoms with Crippen LogP contribution in [0.15, 0.2) is 0 Å². The number of nitrogens with one attached hydrogen (secondary N) is 1. The monoisotopic (exact) mass is 294 g/mol. The van der Waals surface area contributed by atoms with E-state index in [2.05, 4.69) is 43.0 Å². The maximum Gasteiger partial charge on any atom is 0.131 e. The topological polar surface area (TPSA) is 53.3 Å². The molecule has 1 aromatic heterocycles. The maximum absolute atomic E-state index is 9.81. The predicted molar refractivity (Wildman–Crippen MR) is 86.5 cm³/mol. The summed E-state index contributed by atoms with van der Waals surface area (Å²) >= 11 is 0. The zero-order chi connectivity index (χ0) is 15.8. The fraction of sp³-hybridized carbons (Fsp3) is 0.812. The molecule has 1 saturated heterocycles. The third kappa shape index (κ3) is 3.77. The normalized spacial score (nSPS) is 21.1. The molecule has 0 spiro atoms. The van der Waals surface area contributed by atoms with Gasteiger partial charge in [0.25, 0.3) is 0 Å². The molecule has 2 rings (SSSR count). The van der Waals surface area contributed by atoms with Crippen LogP contribution in [0.2, 0.25) is 0 Å². The summed E-state index contributed by atoms with van der Waals surface area (Å²) in [6, 6.07) is 0. The number of hydrogen-bond donors (Lipinski definition) is 2. The molecule has 120 valence electrons. The van der Waals surface area contributed by atoms with Crippen LogP contribution >= 0.6 is 0 Å². The lowest BCUT2D eigenvalue weighted by atomic mass is 10.0. The molecule has 1 aromatic rings. The minimum atomic E-state index is -0.236. The first-order chi connectivity index (χ1) is 9.69. The van der Waals surface area contributed by atoms with Crippen molar-refractivity contribution in [2.75, 3.05) is 18.0 Å². The first-order valence-electron chi connectivity index (χ1n) is 7.89. The molecule has 2 unspecified atom stereocenters. The number of nitrogens with zero attached hydrogens (tertiary/aromatic N) is 3. The smallest absolute Gasteiger partial charge is 0.131 e. The highest BCUT2D eigenvalue weighted by Crippen LogP contribution is 2.30. The van der Waals surface area contributed by atoms with Gasteiger partial charge in [-0.3, -0.25) is 4.68 Å². The fourth-order valence-electron chi connectivity index (χ4n) is 3.02. The second kappa shape index (κ2) is 5.97. The Morgan fingerprint density at radius 1 is 1.43 bits per heavy atom. The molecule has 2 heterocycles. The van der Waals surface area contributed by atoms with E-state index < -0.39 is 0 Å². The maximum atomic E-state index is 9.81. The highest BCUT2D eigenvalue weighted by Gasteiger charge is 2.30. The number of anilines is 1. The minimum absolute atomic E-state index is 0.0900. The van der Waals surface area contributed by atoms with Gasteiger partial charge in [0.1, 0.15) is 5.82 Å². The van der Waals surface area contributed by atoms with E-state index in [1.807, 2.05) is 18.7 Å². The lowest BCUT2D eigenvalue weighted by molar-refractivity contribution is 0.136. The van der Waals surface area contributed by atoms with Crippen LogP contribution in [0, 0.1) is 12.8 Å². The first-order valence-corrected chi connectivity index (χ1v) is 7.89. The van der Waals surface area contributed by atoms with Gasteiger partial charge in [0, 0.05) is 43.7 Å². The van der Waals surface area contributed by atoms with Crippen LogP contribution in [0.1, 0.15) is 45.4 Å². The molecule has 2 N–H and O–H groups in total. The Hall–Kier alpha value is -1.07. The van der Waals surface area contributed by atoms with Crippen molar-refractivity contribution in [1.82, 2.24) is 15.1 Å². The van der Waals surface area contributed by atoms with Gasteiger partial charge in [-0.15, -0.1) is 0 Å². The van der Waals surface area contributed by atoms with Crippen molar-refractivity contribution in [1.29, 1.82) is 0 Å². The molecule has 5 nitrogen and oxygen atoms in total. The van der Waals surface area contributed by atoms with E-state index in [1.54, 1.807) is 0 Å². The number of aliphatic hydroxyl groups is 1.